The molecule has 0 saturated heterocycles. The molecule has 1 N–H and O–H groups in total. The summed E-state index contributed by atoms with van der Waals surface area (Å²) in [5.74, 6) is 1.71. The fourth-order valence-corrected chi connectivity index (χ4v) is 5.69. The van der Waals surface area contributed by atoms with Gasteiger partial charge in [-0.1, -0.05) is 56.5 Å². The van der Waals surface area contributed by atoms with E-state index in [1.807, 2.05) is 37.3 Å². The summed E-state index contributed by atoms with van der Waals surface area (Å²) in [6, 6.07) is 18.6. The number of hydrogen-bond donors (Lipinski definition) is 1. The smallest absolute Gasteiger partial charge is 0.252 e. The maximum Gasteiger partial charge on any atom is 0.252 e. The first-order valence-corrected chi connectivity index (χ1v) is 14.0. The standard InChI is InChI=1S/C30H38N6O2/c1-3-28(29-32-33-34-36(29)25-13-9-6-10-14-25)35(18-17-22-11-7-5-8-12-22)21-24-19-23-20-26(38-4-2)15-16-27(23)31-30(24)37/h5,7-8,11-12,15-16,19-20,25,28H,3-4,6,9-10,13-14,17-18,21H2,1-2H3,(H,31,37). The maximum absolute atomic E-state index is 13.2. The maximum atomic E-state index is 13.2. The van der Waals surface area contributed by atoms with Crippen LogP contribution in [-0.2, 0) is 13.0 Å². The summed E-state index contributed by atoms with van der Waals surface area (Å²) in [6.45, 7) is 6.05. The van der Waals surface area contributed by atoms with Gasteiger partial charge in [-0.25, -0.2) is 4.68 Å². The van der Waals surface area contributed by atoms with Crippen LogP contribution in [-0.4, -0.2) is 43.2 Å². The Morgan fingerprint density at radius 2 is 1.89 bits per heavy atom. The summed E-state index contributed by atoms with van der Waals surface area (Å²) >= 11 is 0. The van der Waals surface area contributed by atoms with Gasteiger partial charge in [0.1, 0.15) is 5.75 Å². The Hall–Kier alpha value is -3.52. The molecule has 1 saturated carbocycles. The Bertz CT molecular complexity index is 1380. The number of rotatable bonds is 11. The molecule has 0 radical (unpaired) electrons. The number of hydrogen-bond acceptors (Lipinski definition) is 6. The van der Waals surface area contributed by atoms with Crippen molar-refractivity contribution in [3.05, 3.63) is 81.9 Å². The van der Waals surface area contributed by atoms with Crippen LogP contribution in [0.25, 0.3) is 10.9 Å². The number of aromatic nitrogens is 5. The van der Waals surface area contributed by atoms with Crippen molar-refractivity contribution in [2.24, 2.45) is 0 Å². The molecule has 0 aliphatic heterocycles. The SMILES string of the molecule is CCOc1ccc2[nH]c(=O)c(CN(CCc3ccccc3)C(CC)c3nnnn3C3CCCCC3)cc2c1. The van der Waals surface area contributed by atoms with E-state index < -0.39 is 0 Å². The van der Waals surface area contributed by atoms with E-state index in [9.17, 15) is 4.79 Å². The summed E-state index contributed by atoms with van der Waals surface area (Å²) in [5, 5.41) is 14.1. The molecule has 2 aromatic carbocycles. The van der Waals surface area contributed by atoms with E-state index in [1.165, 1.54) is 24.8 Å². The van der Waals surface area contributed by atoms with Crippen LogP contribution in [0.1, 0.15) is 81.4 Å². The quantitative estimate of drug-likeness (QED) is 0.280. The van der Waals surface area contributed by atoms with E-state index in [4.69, 9.17) is 4.74 Å². The molecule has 5 rings (SSSR count). The lowest BCUT2D eigenvalue weighted by molar-refractivity contribution is 0.165. The second-order valence-corrected chi connectivity index (χ2v) is 10.2. The topological polar surface area (TPSA) is 88.9 Å². The Kier molecular flexibility index (Phi) is 8.48. The molecule has 0 bridgehead atoms. The van der Waals surface area contributed by atoms with Gasteiger partial charge in [0.05, 0.1) is 18.7 Å². The third-order valence-electron chi connectivity index (χ3n) is 7.67. The average molecular weight is 515 g/mol. The van der Waals surface area contributed by atoms with Gasteiger partial charge in [0.2, 0.25) is 0 Å². The number of aromatic amines is 1. The molecule has 200 valence electrons. The first-order valence-electron chi connectivity index (χ1n) is 14.0. The lowest BCUT2D eigenvalue weighted by Crippen LogP contribution is -2.34. The molecule has 4 aromatic rings. The number of nitrogens with one attached hydrogen (secondary N) is 1. The largest absolute Gasteiger partial charge is 0.494 e. The van der Waals surface area contributed by atoms with Crippen LogP contribution in [0.2, 0.25) is 0 Å². The molecule has 1 aliphatic rings. The van der Waals surface area contributed by atoms with Crippen molar-refractivity contribution in [1.82, 2.24) is 30.1 Å². The van der Waals surface area contributed by atoms with Crippen LogP contribution < -0.4 is 10.3 Å². The number of pyridine rings is 1. The minimum atomic E-state index is -0.0619. The van der Waals surface area contributed by atoms with Crippen LogP contribution >= 0.6 is 0 Å². The Morgan fingerprint density at radius 1 is 1.08 bits per heavy atom. The van der Waals surface area contributed by atoms with Crippen molar-refractivity contribution < 1.29 is 4.74 Å². The van der Waals surface area contributed by atoms with Crippen LogP contribution in [0.3, 0.4) is 0 Å². The van der Waals surface area contributed by atoms with Crippen molar-refractivity contribution in [2.45, 2.75) is 77.4 Å². The molecule has 38 heavy (non-hydrogen) atoms. The predicted molar refractivity (Wildman–Crippen MR) is 149 cm³/mol. The highest BCUT2D eigenvalue weighted by Gasteiger charge is 2.29. The first-order chi connectivity index (χ1) is 18.7. The van der Waals surface area contributed by atoms with Gasteiger partial charge in [0.15, 0.2) is 5.82 Å². The second kappa shape index (κ2) is 12.3. The summed E-state index contributed by atoms with van der Waals surface area (Å²) in [4.78, 5) is 18.7. The fourth-order valence-electron chi connectivity index (χ4n) is 5.69. The molecule has 1 atom stereocenters. The summed E-state index contributed by atoms with van der Waals surface area (Å²) < 4.78 is 7.77. The minimum absolute atomic E-state index is 0.000458. The van der Waals surface area contributed by atoms with Gasteiger partial charge in [0.25, 0.3) is 5.56 Å². The van der Waals surface area contributed by atoms with Crippen molar-refractivity contribution in [2.75, 3.05) is 13.2 Å². The van der Waals surface area contributed by atoms with Gasteiger partial charge in [0, 0.05) is 29.6 Å². The molecule has 0 spiro atoms. The van der Waals surface area contributed by atoms with E-state index in [1.54, 1.807) is 0 Å². The number of H-pyrrole nitrogens is 1. The lowest BCUT2D eigenvalue weighted by Gasteiger charge is -2.32. The van der Waals surface area contributed by atoms with Crippen molar-refractivity contribution in [1.29, 1.82) is 0 Å². The number of ether oxygens (including phenoxy) is 1. The molecule has 2 aromatic heterocycles. The average Bonchev–Trinajstić information content (AvgIpc) is 3.43. The highest BCUT2D eigenvalue weighted by Crippen LogP contribution is 2.32. The molecule has 1 fully saturated rings. The van der Waals surface area contributed by atoms with Crippen LogP contribution in [0.5, 0.6) is 5.75 Å². The molecule has 8 nitrogen and oxygen atoms in total. The zero-order chi connectivity index (χ0) is 26.3. The molecular formula is C30H38N6O2. The molecule has 1 unspecified atom stereocenters. The number of fused-ring (bicyclic) bond motifs is 1. The normalized spacial score (nSPS) is 15.2. The highest BCUT2D eigenvalue weighted by molar-refractivity contribution is 5.80. The monoisotopic (exact) mass is 514 g/mol. The summed E-state index contributed by atoms with van der Waals surface area (Å²) in [7, 11) is 0. The minimum Gasteiger partial charge on any atom is -0.494 e. The summed E-state index contributed by atoms with van der Waals surface area (Å²) in [6.07, 6.45) is 7.67. The fraction of sp³-hybridized carbons (Fsp3) is 0.467. The van der Waals surface area contributed by atoms with Gasteiger partial charge in [-0.3, -0.25) is 9.69 Å². The Balaban J connectivity index is 1.48. The Labute approximate surface area is 224 Å². The van der Waals surface area contributed by atoms with Crippen molar-refractivity contribution in [3.63, 3.8) is 0 Å². The Morgan fingerprint density at radius 3 is 2.66 bits per heavy atom. The van der Waals surface area contributed by atoms with E-state index in [2.05, 4.69) is 61.3 Å². The van der Waals surface area contributed by atoms with E-state index >= 15 is 0 Å². The third kappa shape index (κ3) is 5.96. The van der Waals surface area contributed by atoms with E-state index in [-0.39, 0.29) is 11.6 Å². The van der Waals surface area contributed by atoms with E-state index in [0.717, 1.165) is 60.3 Å². The van der Waals surface area contributed by atoms with Gasteiger partial charge >= 0.3 is 0 Å². The summed E-state index contributed by atoms with van der Waals surface area (Å²) in [5.41, 5.74) is 2.75. The van der Waals surface area contributed by atoms with Crippen molar-refractivity contribution >= 4 is 10.9 Å². The van der Waals surface area contributed by atoms with Gasteiger partial charge in [-0.05, 0) is 72.9 Å². The van der Waals surface area contributed by atoms with Crippen LogP contribution in [0.15, 0.2) is 59.4 Å². The van der Waals surface area contributed by atoms with Gasteiger partial charge < -0.3 is 9.72 Å². The number of benzene rings is 2. The molecule has 1 aliphatic carbocycles. The molecular weight excluding hydrogens is 476 g/mol. The number of tetrazole rings is 1. The molecule has 0 amide bonds. The van der Waals surface area contributed by atoms with Gasteiger partial charge in [-0.2, -0.15) is 0 Å². The van der Waals surface area contributed by atoms with Crippen molar-refractivity contribution in [3.8, 4) is 5.75 Å². The molecule has 8 heteroatoms. The van der Waals surface area contributed by atoms with E-state index in [0.29, 0.717) is 19.2 Å². The highest BCUT2D eigenvalue weighted by atomic mass is 16.5. The predicted octanol–water partition coefficient (Wildman–Crippen LogP) is 5.61. The second-order valence-electron chi connectivity index (χ2n) is 10.2. The zero-order valence-electron chi connectivity index (χ0n) is 22.5. The molecule has 2 heterocycles. The van der Waals surface area contributed by atoms with Crippen LogP contribution in [0, 0.1) is 0 Å². The zero-order valence-corrected chi connectivity index (χ0v) is 22.5. The first kappa shape index (κ1) is 26.1. The number of nitrogens with zero attached hydrogens (tertiary/aromatic N) is 5. The lowest BCUT2D eigenvalue weighted by atomic mass is 9.95. The van der Waals surface area contributed by atoms with Gasteiger partial charge in [-0.15, -0.1) is 5.10 Å². The third-order valence-corrected chi connectivity index (χ3v) is 7.67. The van der Waals surface area contributed by atoms with Crippen LogP contribution in [0.4, 0.5) is 0 Å².